The maximum absolute atomic E-state index is 13.3. The minimum atomic E-state index is -4.19. The van der Waals surface area contributed by atoms with Crippen LogP contribution < -0.4 is 9.47 Å². The molecule has 0 aliphatic heterocycles. The maximum atomic E-state index is 13.3. The number of carbonyl (C=O) groups is 1. The van der Waals surface area contributed by atoms with Gasteiger partial charge in [-0.05, 0) is 46.5 Å². The highest BCUT2D eigenvalue weighted by molar-refractivity contribution is 6.81. The number of nitrogens with one attached hydrogen (secondary N) is 1. The van der Waals surface area contributed by atoms with Crippen LogP contribution in [0.3, 0.4) is 0 Å². The van der Waals surface area contributed by atoms with Crippen LogP contribution in [0.25, 0.3) is 0 Å². The van der Waals surface area contributed by atoms with Crippen molar-refractivity contribution in [2.75, 3.05) is 12.5 Å². The number of nitrogens with zero attached hydrogens (tertiary/aromatic N) is 3. The summed E-state index contributed by atoms with van der Waals surface area (Å²) in [4.78, 5) is 11.9. The molecule has 2 saturated carbocycles. The standard InChI is InChI=1S/C15H23F3N2O3Si.C10H15F3N2OSi/c1-13(2,3)23-12(21)20-9-6-11(19-20)22-10-24(4,5)14(7-8-14)15(16,17)18;1-17(2,7-16-8-3-6-14-15-8)9(4-5-9)10(11,12)13/h6,9H,7-8,10H2,1-5H3;3,6H,4-5,7H2,1-2H3,(H,14,15). The normalized spacial score (nSPS) is 18.2. The van der Waals surface area contributed by atoms with Crippen LogP contribution in [0, 0.1) is 0 Å². The molecule has 0 atom stereocenters. The molecule has 0 bridgehead atoms. The Morgan fingerprint density at radius 3 is 1.78 bits per heavy atom. The molecule has 41 heavy (non-hydrogen) atoms. The van der Waals surface area contributed by atoms with Crippen molar-refractivity contribution >= 4 is 22.2 Å². The van der Waals surface area contributed by atoms with E-state index in [4.69, 9.17) is 14.2 Å². The van der Waals surface area contributed by atoms with Gasteiger partial charge in [0.2, 0.25) is 11.8 Å². The number of rotatable bonds is 8. The molecule has 16 heteroatoms. The number of aromatic nitrogens is 4. The van der Waals surface area contributed by atoms with Crippen molar-refractivity contribution in [1.29, 1.82) is 0 Å². The van der Waals surface area contributed by atoms with Crippen LogP contribution in [0.5, 0.6) is 11.8 Å². The summed E-state index contributed by atoms with van der Waals surface area (Å²) in [6.45, 7) is 12.0. The highest BCUT2D eigenvalue weighted by Crippen LogP contribution is 2.70. The first-order valence-electron chi connectivity index (χ1n) is 13.2. The summed E-state index contributed by atoms with van der Waals surface area (Å²) < 4.78 is 95.9. The molecular formula is C25H38F6N4O4Si2. The summed E-state index contributed by atoms with van der Waals surface area (Å²) >= 11 is 0. The van der Waals surface area contributed by atoms with Gasteiger partial charge in [0.1, 0.15) is 21.7 Å². The molecular weight excluding hydrogens is 590 g/mol. The molecule has 1 N–H and O–H groups in total. The van der Waals surface area contributed by atoms with Gasteiger partial charge < -0.3 is 14.2 Å². The van der Waals surface area contributed by atoms with Crippen LogP contribution in [0.4, 0.5) is 31.1 Å². The van der Waals surface area contributed by atoms with Crippen LogP contribution in [-0.2, 0) is 4.74 Å². The van der Waals surface area contributed by atoms with Crippen molar-refractivity contribution in [3.8, 4) is 11.8 Å². The van der Waals surface area contributed by atoms with Crippen LogP contribution in [0.1, 0.15) is 46.5 Å². The van der Waals surface area contributed by atoms with Gasteiger partial charge in [0, 0.05) is 18.3 Å². The minimum absolute atomic E-state index is 0.00214. The van der Waals surface area contributed by atoms with E-state index in [2.05, 4.69) is 15.3 Å². The molecule has 0 saturated heterocycles. The summed E-state index contributed by atoms with van der Waals surface area (Å²) in [5.74, 6) is 0.558. The fourth-order valence-corrected chi connectivity index (χ4v) is 10.9. The topological polar surface area (TPSA) is 91.3 Å². The lowest BCUT2D eigenvalue weighted by Gasteiger charge is -2.33. The number of ether oxygens (including phenoxy) is 3. The summed E-state index contributed by atoms with van der Waals surface area (Å²) in [5, 5.41) is 7.20. The first-order valence-corrected chi connectivity index (χ1v) is 19.6. The third-order valence-corrected chi connectivity index (χ3v) is 16.4. The van der Waals surface area contributed by atoms with Gasteiger partial charge in [0.15, 0.2) is 0 Å². The van der Waals surface area contributed by atoms with Gasteiger partial charge in [-0.2, -0.15) is 36.1 Å². The molecule has 0 amide bonds. The third kappa shape index (κ3) is 7.29. The zero-order chi connectivity index (χ0) is 31.1. The molecule has 2 aliphatic rings. The minimum Gasteiger partial charge on any atom is -0.482 e. The molecule has 4 rings (SSSR count). The van der Waals surface area contributed by atoms with E-state index in [1.807, 2.05) is 0 Å². The number of aromatic amines is 1. The lowest BCUT2D eigenvalue weighted by atomic mass is 10.2. The highest BCUT2D eigenvalue weighted by Gasteiger charge is 2.72. The molecule has 0 unspecified atom stereocenters. The van der Waals surface area contributed by atoms with E-state index in [1.54, 1.807) is 53.0 Å². The fraction of sp³-hybridized carbons (Fsp3) is 0.720. The molecule has 0 spiro atoms. The second kappa shape index (κ2) is 11.0. The average molecular weight is 629 g/mol. The van der Waals surface area contributed by atoms with Crippen molar-refractivity contribution in [2.45, 2.75) is 101 Å². The maximum Gasteiger partial charge on any atom is 0.435 e. The summed E-state index contributed by atoms with van der Waals surface area (Å²) in [6, 6.07) is 3.05. The van der Waals surface area contributed by atoms with Crippen molar-refractivity contribution in [2.24, 2.45) is 0 Å². The van der Waals surface area contributed by atoms with Gasteiger partial charge in [-0.25, -0.2) is 9.89 Å². The number of H-pyrrole nitrogens is 1. The van der Waals surface area contributed by atoms with E-state index in [0.717, 1.165) is 4.68 Å². The van der Waals surface area contributed by atoms with Crippen LogP contribution in [0.15, 0.2) is 24.5 Å². The SMILES string of the molecule is CC(C)(C)OC(=O)n1ccc(OC[Si](C)(C)C2(C(F)(F)F)CC2)n1.C[Si](C)(COc1ccn[nH]1)C1(C(F)(F)F)CC1. The quantitative estimate of drug-likeness (QED) is 0.240. The van der Waals surface area contributed by atoms with E-state index < -0.39 is 50.3 Å². The molecule has 2 aromatic rings. The Hall–Kier alpha value is -2.50. The molecule has 0 radical (unpaired) electrons. The largest absolute Gasteiger partial charge is 0.482 e. The van der Waals surface area contributed by atoms with Gasteiger partial charge in [0.05, 0.1) is 28.7 Å². The highest BCUT2D eigenvalue weighted by atomic mass is 28.3. The number of carbonyl (C=O) groups excluding carboxylic acids is 1. The first kappa shape index (κ1) is 33.0. The van der Waals surface area contributed by atoms with E-state index in [1.165, 1.54) is 18.5 Å². The zero-order valence-electron chi connectivity index (χ0n) is 24.3. The third-order valence-electron chi connectivity index (χ3n) is 7.97. The lowest BCUT2D eigenvalue weighted by molar-refractivity contribution is -0.144. The molecule has 2 fully saturated rings. The number of hydrogen-bond acceptors (Lipinski definition) is 6. The van der Waals surface area contributed by atoms with Gasteiger partial charge in [-0.1, -0.05) is 26.2 Å². The van der Waals surface area contributed by atoms with Crippen molar-refractivity contribution in [1.82, 2.24) is 20.0 Å². The smallest absolute Gasteiger partial charge is 0.435 e. The number of alkyl halides is 6. The summed E-state index contributed by atoms with van der Waals surface area (Å²) in [5.41, 5.74) is -0.663. The summed E-state index contributed by atoms with van der Waals surface area (Å²) in [6.07, 6.45) is -5.06. The average Bonchev–Trinajstić information content (AvgIpc) is 3.71. The Labute approximate surface area is 237 Å². The predicted octanol–water partition coefficient (Wildman–Crippen LogP) is 7.52. The molecule has 2 aromatic heterocycles. The van der Waals surface area contributed by atoms with E-state index in [0.29, 0.717) is 5.88 Å². The number of hydrogen-bond donors (Lipinski definition) is 1. The van der Waals surface area contributed by atoms with E-state index in [-0.39, 0.29) is 44.0 Å². The monoisotopic (exact) mass is 628 g/mol. The van der Waals surface area contributed by atoms with Crippen molar-refractivity contribution < 1.29 is 45.3 Å². The number of halogens is 6. The molecule has 232 valence electrons. The Morgan fingerprint density at radius 2 is 1.39 bits per heavy atom. The van der Waals surface area contributed by atoms with Gasteiger partial charge in [-0.3, -0.25) is 0 Å². The molecule has 2 heterocycles. The Kier molecular flexibility index (Phi) is 8.83. The summed E-state index contributed by atoms with van der Waals surface area (Å²) in [7, 11) is -5.21. The molecule has 8 nitrogen and oxygen atoms in total. The van der Waals surface area contributed by atoms with Crippen LogP contribution in [0.2, 0.25) is 36.3 Å². The van der Waals surface area contributed by atoms with Gasteiger partial charge in [0.25, 0.3) is 0 Å². The van der Waals surface area contributed by atoms with Gasteiger partial charge >= 0.3 is 18.4 Å². The predicted molar refractivity (Wildman–Crippen MR) is 144 cm³/mol. The molecule has 0 aromatic carbocycles. The van der Waals surface area contributed by atoms with Crippen LogP contribution >= 0.6 is 0 Å². The Balaban J connectivity index is 0.000000239. The molecule has 2 aliphatic carbocycles. The van der Waals surface area contributed by atoms with Crippen molar-refractivity contribution in [3.63, 3.8) is 0 Å². The van der Waals surface area contributed by atoms with E-state index in [9.17, 15) is 31.1 Å². The first-order chi connectivity index (χ1) is 18.6. The second-order valence-corrected chi connectivity index (χ2v) is 23.0. The second-order valence-electron chi connectivity index (χ2n) is 13.0. The van der Waals surface area contributed by atoms with E-state index >= 15 is 0 Å². The fourth-order valence-electron chi connectivity index (χ4n) is 4.84. The Morgan fingerprint density at radius 1 is 0.902 bits per heavy atom. The Bertz CT molecular complexity index is 1180. The van der Waals surface area contributed by atoms with Gasteiger partial charge in [-0.15, -0.1) is 5.10 Å². The van der Waals surface area contributed by atoms with Crippen LogP contribution in [-0.4, -0.2) is 72.6 Å². The van der Waals surface area contributed by atoms with Crippen molar-refractivity contribution in [3.05, 3.63) is 24.5 Å². The lowest BCUT2D eigenvalue weighted by Crippen LogP contribution is -2.48. The zero-order valence-corrected chi connectivity index (χ0v) is 26.3.